The number of hydrogen-bond acceptors (Lipinski definition) is 3. The number of anilines is 1. The number of ketones is 1. The van der Waals surface area contributed by atoms with E-state index < -0.39 is 5.91 Å². The van der Waals surface area contributed by atoms with E-state index >= 15 is 0 Å². The number of allylic oxidation sites excluding steroid dienone is 1. The van der Waals surface area contributed by atoms with Crippen molar-refractivity contribution in [2.75, 3.05) is 5.32 Å². The Morgan fingerprint density at radius 1 is 1.00 bits per heavy atom. The molecular weight excluding hydrogens is 276 g/mol. The SMILES string of the molecule is NC(=O)c1ccccc1N[C@@H]1C=CC(=O)[C@H]1c1ccccc1. The van der Waals surface area contributed by atoms with Gasteiger partial charge in [0.15, 0.2) is 5.78 Å². The van der Waals surface area contributed by atoms with Gasteiger partial charge in [-0.2, -0.15) is 0 Å². The first kappa shape index (κ1) is 14.1. The summed E-state index contributed by atoms with van der Waals surface area (Å²) in [6, 6.07) is 16.5. The van der Waals surface area contributed by atoms with Gasteiger partial charge in [-0.3, -0.25) is 9.59 Å². The van der Waals surface area contributed by atoms with Crippen LogP contribution >= 0.6 is 0 Å². The Morgan fingerprint density at radius 2 is 1.68 bits per heavy atom. The average molecular weight is 292 g/mol. The van der Waals surface area contributed by atoms with Gasteiger partial charge in [0, 0.05) is 5.69 Å². The lowest BCUT2D eigenvalue weighted by Crippen LogP contribution is -2.27. The van der Waals surface area contributed by atoms with Gasteiger partial charge < -0.3 is 11.1 Å². The van der Waals surface area contributed by atoms with Gasteiger partial charge in [0.25, 0.3) is 5.91 Å². The molecule has 2 aromatic rings. The number of carbonyl (C=O) groups is 2. The van der Waals surface area contributed by atoms with Crippen LogP contribution in [0.5, 0.6) is 0 Å². The Balaban J connectivity index is 1.90. The highest BCUT2D eigenvalue weighted by atomic mass is 16.1. The molecule has 0 heterocycles. The topological polar surface area (TPSA) is 72.2 Å². The summed E-state index contributed by atoms with van der Waals surface area (Å²) in [5.74, 6) is -0.727. The number of amides is 1. The van der Waals surface area contributed by atoms with Crippen LogP contribution in [0.1, 0.15) is 21.8 Å². The van der Waals surface area contributed by atoms with Crippen LogP contribution in [0.4, 0.5) is 5.69 Å². The van der Waals surface area contributed by atoms with Crippen LogP contribution in [-0.4, -0.2) is 17.7 Å². The summed E-state index contributed by atoms with van der Waals surface area (Å²) in [5, 5.41) is 3.26. The molecule has 4 nitrogen and oxygen atoms in total. The molecule has 22 heavy (non-hydrogen) atoms. The molecule has 3 rings (SSSR count). The van der Waals surface area contributed by atoms with Crippen molar-refractivity contribution in [2.45, 2.75) is 12.0 Å². The van der Waals surface area contributed by atoms with Gasteiger partial charge in [0.2, 0.25) is 0 Å². The third kappa shape index (κ3) is 2.63. The zero-order chi connectivity index (χ0) is 15.5. The second-order valence-corrected chi connectivity index (χ2v) is 5.23. The predicted octanol–water partition coefficient (Wildman–Crippen LogP) is 2.49. The summed E-state index contributed by atoms with van der Waals surface area (Å²) in [7, 11) is 0. The minimum atomic E-state index is -0.493. The van der Waals surface area contributed by atoms with Crippen LogP contribution in [0, 0.1) is 0 Å². The summed E-state index contributed by atoms with van der Waals surface area (Å²) in [4.78, 5) is 23.7. The maximum atomic E-state index is 12.2. The summed E-state index contributed by atoms with van der Waals surface area (Å²) in [5.41, 5.74) is 7.41. The van der Waals surface area contributed by atoms with Crippen molar-refractivity contribution in [3.63, 3.8) is 0 Å². The van der Waals surface area contributed by atoms with Crippen molar-refractivity contribution in [3.8, 4) is 0 Å². The summed E-state index contributed by atoms with van der Waals surface area (Å²) in [6.45, 7) is 0. The first-order valence-corrected chi connectivity index (χ1v) is 7.09. The lowest BCUT2D eigenvalue weighted by Gasteiger charge is -2.22. The molecule has 4 heteroatoms. The molecule has 0 aliphatic heterocycles. The highest BCUT2D eigenvalue weighted by Crippen LogP contribution is 2.30. The van der Waals surface area contributed by atoms with Crippen molar-refractivity contribution in [1.82, 2.24) is 0 Å². The van der Waals surface area contributed by atoms with Crippen molar-refractivity contribution < 1.29 is 9.59 Å². The maximum absolute atomic E-state index is 12.2. The zero-order valence-electron chi connectivity index (χ0n) is 11.9. The van der Waals surface area contributed by atoms with Crippen LogP contribution in [-0.2, 0) is 4.79 Å². The predicted molar refractivity (Wildman–Crippen MR) is 85.7 cm³/mol. The molecule has 1 amide bonds. The van der Waals surface area contributed by atoms with E-state index in [0.29, 0.717) is 11.3 Å². The van der Waals surface area contributed by atoms with Crippen LogP contribution in [0.2, 0.25) is 0 Å². The fourth-order valence-corrected chi connectivity index (χ4v) is 2.76. The maximum Gasteiger partial charge on any atom is 0.250 e. The molecule has 1 aliphatic carbocycles. The van der Waals surface area contributed by atoms with Crippen LogP contribution in [0.15, 0.2) is 66.7 Å². The summed E-state index contributed by atoms with van der Waals surface area (Å²) < 4.78 is 0. The smallest absolute Gasteiger partial charge is 0.250 e. The first-order chi connectivity index (χ1) is 10.7. The monoisotopic (exact) mass is 292 g/mol. The van der Waals surface area contributed by atoms with E-state index in [9.17, 15) is 9.59 Å². The molecular formula is C18H16N2O2. The number of hydrogen-bond donors (Lipinski definition) is 2. The Hall–Kier alpha value is -2.88. The van der Waals surface area contributed by atoms with E-state index in [-0.39, 0.29) is 17.7 Å². The van der Waals surface area contributed by atoms with Crippen molar-refractivity contribution in [3.05, 3.63) is 77.9 Å². The standard InChI is InChI=1S/C18H16N2O2/c19-18(22)13-8-4-5-9-14(13)20-15-10-11-16(21)17(15)12-6-2-1-3-7-12/h1-11,15,17,20H,(H2,19,22)/t15-,17+/m1/s1. The highest BCUT2D eigenvalue weighted by molar-refractivity contribution is 6.01. The molecule has 0 bridgehead atoms. The van der Waals surface area contributed by atoms with Crippen LogP contribution in [0.25, 0.3) is 0 Å². The van der Waals surface area contributed by atoms with E-state index in [1.807, 2.05) is 42.5 Å². The Morgan fingerprint density at radius 3 is 2.41 bits per heavy atom. The normalized spacial score (nSPS) is 20.1. The molecule has 0 spiro atoms. The van der Waals surface area contributed by atoms with Crippen LogP contribution < -0.4 is 11.1 Å². The molecule has 2 atom stereocenters. The molecule has 0 saturated heterocycles. The summed E-state index contributed by atoms with van der Waals surface area (Å²) in [6.07, 6.45) is 3.42. The van der Waals surface area contributed by atoms with Gasteiger partial charge in [-0.15, -0.1) is 0 Å². The van der Waals surface area contributed by atoms with E-state index in [2.05, 4.69) is 5.32 Å². The van der Waals surface area contributed by atoms with Gasteiger partial charge in [0.05, 0.1) is 17.5 Å². The number of nitrogens with two attached hydrogens (primary N) is 1. The quantitative estimate of drug-likeness (QED) is 0.909. The van der Waals surface area contributed by atoms with Gasteiger partial charge in [0.1, 0.15) is 0 Å². The molecule has 110 valence electrons. The number of primary amides is 1. The molecule has 0 saturated carbocycles. The van der Waals surface area contributed by atoms with E-state index in [4.69, 9.17) is 5.73 Å². The molecule has 2 aromatic carbocycles. The molecule has 0 radical (unpaired) electrons. The molecule has 0 aromatic heterocycles. The van der Waals surface area contributed by atoms with Gasteiger partial charge in [-0.1, -0.05) is 48.5 Å². The van der Waals surface area contributed by atoms with Crippen molar-refractivity contribution in [1.29, 1.82) is 0 Å². The average Bonchev–Trinajstić information content (AvgIpc) is 2.89. The Kier molecular flexibility index (Phi) is 3.74. The molecule has 1 aliphatic rings. The second-order valence-electron chi connectivity index (χ2n) is 5.23. The fraction of sp³-hybridized carbons (Fsp3) is 0.111. The second kappa shape index (κ2) is 5.85. The van der Waals surface area contributed by atoms with E-state index in [0.717, 1.165) is 5.56 Å². The van der Waals surface area contributed by atoms with Crippen molar-refractivity contribution >= 4 is 17.4 Å². The van der Waals surface area contributed by atoms with E-state index in [1.165, 1.54) is 0 Å². The fourth-order valence-electron chi connectivity index (χ4n) is 2.76. The highest BCUT2D eigenvalue weighted by Gasteiger charge is 2.31. The molecule has 0 unspecified atom stereocenters. The molecule has 3 N–H and O–H groups in total. The largest absolute Gasteiger partial charge is 0.377 e. The minimum absolute atomic E-state index is 0.0558. The third-order valence-electron chi connectivity index (χ3n) is 3.81. The number of benzene rings is 2. The van der Waals surface area contributed by atoms with Gasteiger partial charge >= 0.3 is 0 Å². The first-order valence-electron chi connectivity index (χ1n) is 7.09. The Bertz CT molecular complexity index is 738. The van der Waals surface area contributed by atoms with Crippen LogP contribution in [0.3, 0.4) is 0 Å². The molecule has 0 fully saturated rings. The van der Waals surface area contributed by atoms with Crippen molar-refractivity contribution in [2.24, 2.45) is 5.73 Å². The number of rotatable bonds is 4. The number of carbonyl (C=O) groups excluding carboxylic acids is 2. The summed E-state index contributed by atoms with van der Waals surface area (Å²) >= 11 is 0. The number of para-hydroxylation sites is 1. The van der Waals surface area contributed by atoms with Gasteiger partial charge in [-0.05, 0) is 23.8 Å². The number of nitrogens with one attached hydrogen (secondary N) is 1. The minimum Gasteiger partial charge on any atom is -0.377 e. The third-order valence-corrected chi connectivity index (χ3v) is 3.81. The Labute approximate surface area is 128 Å². The lowest BCUT2D eigenvalue weighted by molar-refractivity contribution is -0.115. The zero-order valence-corrected chi connectivity index (χ0v) is 11.9. The lowest BCUT2D eigenvalue weighted by atomic mass is 9.92. The van der Waals surface area contributed by atoms with Gasteiger partial charge in [-0.25, -0.2) is 0 Å². The van der Waals surface area contributed by atoms with E-state index in [1.54, 1.807) is 24.3 Å².